The van der Waals surface area contributed by atoms with Crippen molar-refractivity contribution in [3.63, 3.8) is 0 Å². The van der Waals surface area contributed by atoms with Crippen molar-refractivity contribution in [1.82, 2.24) is 0 Å². The van der Waals surface area contributed by atoms with E-state index in [2.05, 4.69) is 4.74 Å². The molecule has 4 nitrogen and oxygen atoms in total. The first-order valence-electron chi connectivity index (χ1n) is 7.53. The second-order valence-corrected chi connectivity index (χ2v) is 5.13. The summed E-state index contributed by atoms with van der Waals surface area (Å²) in [5.74, 6) is -5.28. The highest BCUT2D eigenvalue weighted by atomic mass is 35.5. The van der Waals surface area contributed by atoms with Gasteiger partial charge >= 0.3 is 11.9 Å². The molecule has 0 aliphatic carbocycles. The summed E-state index contributed by atoms with van der Waals surface area (Å²) in [5.41, 5.74) is 6.58. The predicted octanol–water partition coefficient (Wildman–Crippen LogP) is 3.89. The summed E-state index contributed by atoms with van der Waals surface area (Å²) < 4.78 is 38.4. The molecule has 0 saturated heterocycles. The van der Waals surface area contributed by atoms with Crippen LogP contribution in [0.15, 0.2) is 54.6 Å². The SMILES string of the molecule is CCOC(=O)C(F)(F)[C@@H](N)c1ccccc1OCc1ccccc1.Cl. The highest BCUT2D eigenvalue weighted by molar-refractivity contribution is 5.85. The summed E-state index contributed by atoms with van der Waals surface area (Å²) >= 11 is 0. The Morgan fingerprint density at radius 3 is 2.36 bits per heavy atom. The van der Waals surface area contributed by atoms with Crippen molar-refractivity contribution >= 4 is 18.4 Å². The van der Waals surface area contributed by atoms with E-state index in [0.29, 0.717) is 0 Å². The minimum absolute atomic E-state index is 0. The van der Waals surface area contributed by atoms with Crippen molar-refractivity contribution in [1.29, 1.82) is 0 Å². The zero-order valence-electron chi connectivity index (χ0n) is 13.7. The van der Waals surface area contributed by atoms with Gasteiger partial charge in [0.25, 0.3) is 0 Å². The second kappa shape index (κ2) is 9.34. The lowest BCUT2D eigenvalue weighted by atomic mass is 10.0. The summed E-state index contributed by atoms with van der Waals surface area (Å²) in [6.45, 7) is 1.51. The number of rotatable bonds is 7. The first-order chi connectivity index (χ1) is 11.5. The molecule has 0 aliphatic heterocycles. The predicted molar refractivity (Wildman–Crippen MR) is 93.0 cm³/mol. The van der Waals surface area contributed by atoms with E-state index in [-0.39, 0.29) is 36.9 Å². The maximum Gasteiger partial charge on any atom is 0.379 e. The molecular formula is C18H20ClF2NO3. The normalized spacial score (nSPS) is 12.0. The van der Waals surface area contributed by atoms with Gasteiger partial charge in [0, 0.05) is 5.56 Å². The highest BCUT2D eigenvalue weighted by Crippen LogP contribution is 2.35. The Balaban J connectivity index is 0.00000312. The van der Waals surface area contributed by atoms with Gasteiger partial charge in [-0.05, 0) is 18.6 Å². The van der Waals surface area contributed by atoms with E-state index in [1.807, 2.05) is 30.3 Å². The largest absolute Gasteiger partial charge is 0.489 e. The van der Waals surface area contributed by atoms with Crippen LogP contribution in [-0.4, -0.2) is 18.5 Å². The number of hydrogen-bond donors (Lipinski definition) is 1. The lowest BCUT2D eigenvalue weighted by Gasteiger charge is -2.23. The highest BCUT2D eigenvalue weighted by Gasteiger charge is 2.48. The van der Waals surface area contributed by atoms with Gasteiger partial charge in [0.05, 0.1) is 6.61 Å². The quantitative estimate of drug-likeness (QED) is 0.750. The van der Waals surface area contributed by atoms with Crippen LogP contribution in [0.4, 0.5) is 8.78 Å². The number of para-hydroxylation sites is 1. The molecule has 2 aromatic carbocycles. The lowest BCUT2D eigenvalue weighted by Crippen LogP contribution is -2.41. The number of hydrogen-bond acceptors (Lipinski definition) is 4. The van der Waals surface area contributed by atoms with E-state index in [4.69, 9.17) is 10.5 Å². The van der Waals surface area contributed by atoms with Crippen molar-refractivity contribution in [3.8, 4) is 5.75 Å². The van der Waals surface area contributed by atoms with E-state index in [9.17, 15) is 13.6 Å². The van der Waals surface area contributed by atoms with Crippen molar-refractivity contribution in [2.24, 2.45) is 5.73 Å². The van der Waals surface area contributed by atoms with E-state index in [0.717, 1.165) is 5.56 Å². The number of carbonyl (C=O) groups excluding carboxylic acids is 1. The summed E-state index contributed by atoms with van der Waals surface area (Å²) in [5, 5.41) is 0. The summed E-state index contributed by atoms with van der Waals surface area (Å²) in [7, 11) is 0. The molecule has 0 unspecified atom stereocenters. The number of nitrogens with two attached hydrogens (primary N) is 1. The van der Waals surface area contributed by atoms with Gasteiger partial charge < -0.3 is 15.2 Å². The van der Waals surface area contributed by atoms with Crippen LogP contribution in [-0.2, 0) is 16.1 Å². The van der Waals surface area contributed by atoms with Gasteiger partial charge in [-0.1, -0.05) is 48.5 Å². The Morgan fingerprint density at radius 1 is 1.12 bits per heavy atom. The molecule has 0 radical (unpaired) electrons. The first-order valence-corrected chi connectivity index (χ1v) is 7.53. The van der Waals surface area contributed by atoms with Crippen LogP contribution in [0.25, 0.3) is 0 Å². The monoisotopic (exact) mass is 371 g/mol. The van der Waals surface area contributed by atoms with Crippen molar-refractivity contribution in [2.75, 3.05) is 6.61 Å². The van der Waals surface area contributed by atoms with E-state index in [1.165, 1.54) is 13.0 Å². The fourth-order valence-corrected chi connectivity index (χ4v) is 2.15. The minimum Gasteiger partial charge on any atom is -0.489 e. The van der Waals surface area contributed by atoms with Crippen LogP contribution in [0.2, 0.25) is 0 Å². The van der Waals surface area contributed by atoms with Gasteiger partial charge in [-0.15, -0.1) is 12.4 Å². The molecule has 2 rings (SSSR count). The van der Waals surface area contributed by atoms with Crippen LogP contribution in [0.3, 0.4) is 0 Å². The third kappa shape index (κ3) is 5.14. The smallest absolute Gasteiger partial charge is 0.379 e. The Bertz CT molecular complexity index is 683. The molecular weight excluding hydrogens is 352 g/mol. The van der Waals surface area contributed by atoms with E-state index < -0.39 is 17.9 Å². The molecule has 0 amide bonds. The van der Waals surface area contributed by atoms with Crippen molar-refractivity contribution < 1.29 is 23.0 Å². The van der Waals surface area contributed by atoms with Gasteiger partial charge in [-0.2, -0.15) is 8.78 Å². The van der Waals surface area contributed by atoms with Crippen LogP contribution in [0.5, 0.6) is 5.75 Å². The molecule has 1 atom stereocenters. The average Bonchev–Trinajstić information content (AvgIpc) is 2.60. The van der Waals surface area contributed by atoms with Crippen molar-refractivity contribution in [2.45, 2.75) is 25.5 Å². The lowest BCUT2D eigenvalue weighted by molar-refractivity contribution is -0.174. The third-order valence-corrected chi connectivity index (χ3v) is 3.43. The number of halogens is 3. The minimum atomic E-state index is -3.85. The number of benzene rings is 2. The number of esters is 1. The average molecular weight is 372 g/mol. The molecule has 0 spiro atoms. The maximum absolute atomic E-state index is 14.2. The van der Waals surface area contributed by atoms with Crippen LogP contribution in [0.1, 0.15) is 24.1 Å². The zero-order valence-corrected chi connectivity index (χ0v) is 14.5. The fourth-order valence-electron chi connectivity index (χ4n) is 2.15. The van der Waals surface area contributed by atoms with Gasteiger partial charge in [-0.25, -0.2) is 4.79 Å². The van der Waals surface area contributed by atoms with Gasteiger partial charge in [0.1, 0.15) is 18.4 Å². The molecule has 0 aliphatic rings. The Labute approximate surface area is 151 Å². The van der Waals surface area contributed by atoms with Gasteiger partial charge in [-0.3, -0.25) is 0 Å². The maximum atomic E-state index is 14.2. The standard InChI is InChI=1S/C18H19F2NO3.ClH/c1-2-23-17(22)18(19,20)16(21)14-10-6-7-11-15(14)24-12-13-8-4-3-5-9-13;/h3-11,16H,2,12,21H2,1H3;1H/t16-;/m0./s1. The topological polar surface area (TPSA) is 61.5 Å². The molecule has 0 fully saturated rings. The molecule has 7 heteroatoms. The molecule has 0 saturated carbocycles. The summed E-state index contributed by atoms with van der Waals surface area (Å²) in [6, 6.07) is 13.6. The Hall–Kier alpha value is -2.18. The second-order valence-electron chi connectivity index (χ2n) is 5.13. The van der Waals surface area contributed by atoms with Gasteiger partial charge in [0.15, 0.2) is 0 Å². The van der Waals surface area contributed by atoms with Crippen LogP contribution < -0.4 is 10.5 Å². The molecule has 2 N–H and O–H groups in total. The first kappa shape index (κ1) is 20.9. The molecule has 25 heavy (non-hydrogen) atoms. The molecule has 136 valence electrons. The number of ether oxygens (including phenoxy) is 2. The van der Waals surface area contributed by atoms with Crippen LogP contribution >= 0.6 is 12.4 Å². The number of carbonyl (C=O) groups is 1. The molecule has 0 bridgehead atoms. The molecule has 0 aromatic heterocycles. The Kier molecular flexibility index (Phi) is 7.80. The molecule has 0 heterocycles. The molecule has 2 aromatic rings. The van der Waals surface area contributed by atoms with Gasteiger partial charge in [0.2, 0.25) is 0 Å². The third-order valence-electron chi connectivity index (χ3n) is 3.43. The van der Waals surface area contributed by atoms with Crippen LogP contribution in [0, 0.1) is 0 Å². The van der Waals surface area contributed by atoms with E-state index >= 15 is 0 Å². The number of alkyl halides is 2. The fraction of sp³-hybridized carbons (Fsp3) is 0.278. The zero-order chi connectivity index (χ0) is 17.6. The Morgan fingerprint density at radius 2 is 1.72 bits per heavy atom. The summed E-state index contributed by atoms with van der Waals surface area (Å²) in [6.07, 6.45) is 0. The van der Waals surface area contributed by atoms with E-state index in [1.54, 1.807) is 18.2 Å². The summed E-state index contributed by atoms with van der Waals surface area (Å²) in [4.78, 5) is 11.5. The van der Waals surface area contributed by atoms with Crippen molar-refractivity contribution in [3.05, 3.63) is 65.7 Å².